The zero-order chi connectivity index (χ0) is 11.6. The first-order valence-corrected chi connectivity index (χ1v) is 6.15. The van der Waals surface area contributed by atoms with Crippen LogP contribution in [0.4, 0.5) is 18.9 Å². The Morgan fingerprint density at radius 3 is 2.33 bits per heavy atom. The average molecular weight is 335 g/mol. The standard InChI is InChI=1S/C7H5F3INO3/c8-7(9,10)4-1-2-5(12)6(3-4)15-11(13)14/h1-3H,12H2. The maximum absolute atomic E-state index is 12.2. The van der Waals surface area contributed by atoms with Crippen molar-refractivity contribution >= 4 is 5.69 Å². The van der Waals surface area contributed by atoms with Crippen LogP contribution in [0, 0.1) is 0 Å². The van der Waals surface area contributed by atoms with Crippen molar-refractivity contribution < 1.29 is 44.2 Å². The molecule has 0 bridgehead atoms. The van der Waals surface area contributed by atoms with Gasteiger partial charge in [0.1, 0.15) is 0 Å². The fourth-order valence-corrected chi connectivity index (χ4v) is 1.61. The first-order valence-electron chi connectivity index (χ1n) is 3.51. The second kappa shape index (κ2) is 4.41. The molecule has 0 saturated heterocycles. The van der Waals surface area contributed by atoms with Crippen molar-refractivity contribution in [3.63, 3.8) is 0 Å². The van der Waals surface area contributed by atoms with Crippen LogP contribution < -0.4 is 36.7 Å². The van der Waals surface area contributed by atoms with E-state index in [9.17, 15) is 20.0 Å². The van der Waals surface area contributed by atoms with E-state index in [-0.39, 0.29) is 5.69 Å². The zero-order valence-electron chi connectivity index (χ0n) is 7.05. The van der Waals surface area contributed by atoms with Crippen molar-refractivity contribution in [1.82, 2.24) is 0 Å². The van der Waals surface area contributed by atoms with Crippen molar-refractivity contribution in [2.75, 3.05) is 5.73 Å². The maximum Gasteiger partial charge on any atom is 0.570 e. The van der Waals surface area contributed by atoms with Gasteiger partial charge < -0.3 is 12.6 Å². The molecule has 0 aromatic heterocycles. The van der Waals surface area contributed by atoms with Crippen LogP contribution in [-0.4, -0.2) is 0 Å². The molecule has 0 spiro atoms. The second-order valence-electron chi connectivity index (χ2n) is 2.52. The Labute approximate surface area is 91.5 Å². The lowest BCUT2D eigenvalue weighted by molar-refractivity contribution is -1.62. The highest BCUT2D eigenvalue weighted by Gasteiger charge is 2.32. The van der Waals surface area contributed by atoms with E-state index >= 15 is 0 Å². The first kappa shape index (κ1) is 12.3. The summed E-state index contributed by atoms with van der Waals surface area (Å²) in [5.41, 5.74) is 4.07. The van der Waals surface area contributed by atoms with E-state index in [4.69, 9.17) is 5.73 Å². The highest BCUT2D eigenvalue weighted by Crippen LogP contribution is 2.33. The Kier molecular flexibility index (Phi) is 3.62. The van der Waals surface area contributed by atoms with E-state index in [1.54, 1.807) is 0 Å². The quantitative estimate of drug-likeness (QED) is 0.455. The summed E-state index contributed by atoms with van der Waals surface area (Å²) in [5, 5.41) is 0. The van der Waals surface area contributed by atoms with E-state index in [1.165, 1.54) is 0 Å². The summed E-state index contributed by atoms with van der Waals surface area (Å²) in [6.45, 7) is 0. The second-order valence-corrected chi connectivity index (χ2v) is 4.04. The molecule has 84 valence electrons. The Hall–Kier alpha value is -0.740. The van der Waals surface area contributed by atoms with Crippen LogP contribution in [0.1, 0.15) is 5.56 Å². The molecule has 0 atom stereocenters. The lowest BCUT2D eigenvalue weighted by atomic mass is 10.2. The monoisotopic (exact) mass is 335 g/mol. The van der Waals surface area contributed by atoms with Crippen LogP contribution >= 0.6 is 0 Å². The molecule has 0 fully saturated rings. The summed E-state index contributed by atoms with van der Waals surface area (Å²) in [7, 11) is 0. The molecule has 0 aliphatic heterocycles. The molecule has 0 radical (unpaired) electrons. The molecule has 0 unspecified atom stereocenters. The molecule has 1 rings (SSSR count). The minimum absolute atomic E-state index is 0.156. The Bertz CT molecular complexity index is 356. The van der Waals surface area contributed by atoms with Gasteiger partial charge in [-0.15, -0.1) is 3.07 Å². The first-order chi connectivity index (χ1) is 6.80. The van der Waals surface area contributed by atoms with Gasteiger partial charge in [-0.25, -0.2) is 0 Å². The van der Waals surface area contributed by atoms with Crippen LogP contribution in [0.5, 0.6) is 5.75 Å². The fraction of sp³-hybridized carbons (Fsp3) is 0.143. The summed E-state index contributed by atoms with van der Waals surface area (Å²) in [5.74, 6) is -0.486. The maximum atomic E-state index is 12.2. The molecule has 0 heterocycles. The minimum Gasteiger partial charge on any atom is -0.395 e. The highest BCUT2D eigenvalue weighted by molar-refractivity contribution is 5.54. The third-order valence-electron chi connectivity index (χ3n) is 1.49. The lowest BCUT2D eigenvalue weighted by Gasteiger charge is -2.07. The van der Waals surface area contributed by atoms with E-state index in [0.29, 0.717) is 6.07 Å². The summed E-state index contributed by atoms with van der Waals surface area (Å²) < 4.78 is 61.3. The Morgan fingerprint density at radius 2 is 1.87 bits per heavy atom. The van der Waals surface area contributed by atoms with Crippen molar-refractivity contribution in [3.05, 3.63) is 23.8 Å². The van der Waals surface area contributed by atoms with Crippen LogP contribution in [0.15, 0.2) is 18.2 Å². The molecule has 0 aliphatic rings. The summed E-state index contributed by atoms with van der Waals surface area (Å²) >= 11 is -4.11. The molecular weight excluding hydrogens is 330 g/mol. The average Bonchev–Trinajstić information content (AvgIpc) is 2.06. The van der Waals surface area contributed by atoms with Crippen molar-refractivity contribution in [3.8, 4) is 5.75 Å². The molecule has 4 nitrogen and oxygen atoms in total. The van der Waals surface area contributed by atoms with Gasteiger partial charge in [-0.2, -0.15) is 13.2 Å². The van der Waals surface area contributed by atoms with Crippen molar-refractivity contribution in [1.29, 1.82) is 0 Å². The van der Waals surface area contributed by atoms with Gasteiger partial charge in [0.15, 0.2) is 0 Å². The minimum atomic E-state index is -4.56. The van der Waals surface area contributed by atoms with Crippen LogP contribution in [0.3, 0.4) is 0 Å². The lowest BCUT2D eigenvalue weighted by Crippen LogP contribution is -4.00. The van der Waals surface area contributed by atoms with Crippen LogP contribution in [0.2, 0.25) is 0 Å². The largest absolute Gasteiger partial charge is 0.570 e. The number of nitrogen functional groups attached to an aromatic ring is 1. The topological polar surface area (TPSA) is 81.4 Å². The number of rotatable bonds is 2. The summed E-state index contributed by atoms with van der Waals surface area (Å²) in [6.07, 6.45) is -4.56. The van der Waals surface area contributed by atoms with Gasteiger partial charge in [0.2, 0.25) is 5.75 Å². The van der Waals surface area contributed by atoms with Gasteiger partial charge >= 0.3 is 27.2 Å². The Morgan fingerprint density at radius 1 is 1.27 bits per heavy atom. The van der Waals surface area contributed by atoms with Gasteiger partial charge in [0.05, 0.1) is 11.3 Å². The predicted molar refractivity (Wildman–Crippen MR) is 36.5 cm³/mol. The Balaban J connectivity index is 3.06. The van der Waals surface area contributed by atoms with Gasteiger partial charge in [-0.3, -0.25) is 0 Å². The predicted octanol–water partition coefficient (Wildman–Crippen LogP) is -3.24. The molecular formula is C7H5F3INO3. The molecule has 0 saturated carbocycles. The number of alkyl halides is 3. The van der Waals surface area contributed by atoms with E-state index in [2.05, 4.69) is 3.07 Å². The number of halogens is 4. The molecule has 0 aliphatic carbocycles. The molecule has 8 heteroatoms. The normalized spacial score (nSPS) is 11.9. The number of nitrogens with two attached hydrogens (primary N) is 1. The highest BCUT2D eigenvalue weighted by atomic mass is 127. The van der Waals surface area contributed by atoms with E-state index in [1.807, 2.05) is 0 Å². The molecule has 15 heavy (non-hydrogen) atoms. The molecule has 2 N–H and O–H groups in total. The van der Waals surface area contributed by atoms with Gasteiger partial charge in [-0.05, 0) is 12.1 Å². The van der Waals surface area contributed by atoms with Gasteiger partial charge in [0.25, 0.3) is 0 Å². The van der Waals surface area contributed by atoms with Crippen LogP contribution in [-0.2, 0) is 6.18 Å². The van der Waals surface area contributed by atoms with Crippen molar-refractivity contribution in [2.45, 2.75) is 6.18 Å². The van der Waals surface area contributed by atoms with E-state index in [0.717, 1.165) is 12.1 Å². The molecule has 1 aromatic rings. The van der Waals surface area contributed by atoms with E-state index < -0.39 is 38.6 Å². The third kappa shape index (κ3) is 3.39. The van der Waals surface area contributed by atoms with Crippen molar-refractivity contribution in [2.24, 2.45) is 0 Å². The summed E-state index contributed by atoms with van der Waals surface area (Å²) in [6, 6.07) is 2.24. The third-order valence-corrected chi connectivity index (χ3v) is 2.32. The number of benzene rings is 1. The molecule has 1 aromatic carbocycles. The smallest absolute Gasteiger partial charge is 0.395 e. The fourth-order valence-electron chi connectivity index (χ4n) is 0.845. The molecule has 0 amide bonds. The van der Waals surface area contributed by atoms with Gasteiger partial charge in [0, 0.05) is 6.07 Å². The number of hydrogen-bond donors (Lipinski definition) is 1. The van der Waals surface area contributed by atoms with Gasteiger partial charge in [-0.1, -0.05) is 0 Å². The number of hydrogen-bond acceptors (Lipinski definition) is 4. The zero-order valence-corrected chi connectivity index (χ0v) is 9.20. The number of anilines is 1. The summed E-state index contributed by atoms with van der Waals surface area (Å²) in [4.78, 5) is 0. The SMILES string of the molecule is Nc1ccc(C(F)(F)F)cc1O[I+2]([O-])[O-]. The van der Waals surface area contributed by atoms with Crippen LogP contribution in [0.25, 0.3) is 0 Å².